The maximum absolute atomic E-state index is 12.2. The maximum Gasteiger partial charge on any atom is 0.244 e. The summed E-state index contributed by atoms with van der Waals surface area (Å²) >= 11 is 0. The van der Waals surface area contributed by atoms with E-state index in [2.05, 4.69) is 5.32 Å². The molecular formula is C14H28N2O2. The van der Waals surface area contributed by atoms with Gasteiger partial charge in [-0.25, -0.2) is 0 Å². The van der Waals surface area contributed by atoms with E-state index in [0.29, 0.717) is 0 Å². The standard InChI is InChI=1S/C14H28N2O2/c1-7-9-16(10-8-2)12(17)11(3)15-13(18)14(4,5)6/h11H,7-10H2,1-6H3,(H,15,18). The summed E-state index contributed by atoms with van der Waals surface area (Å²) in [5, 5.41) is 2.79. The fourth-order valence-corrected chi connectivity index (χ4v) is 1.62. The van der Waals surface area contributed by atoms with Crippen LogP contribution < -0.4 is 5.32 Å². The van der Waals surface area contributed by atoms with E-state index in [0.717, 1.165) is 25.9 Å². The number of carbonyl (C=O) groups is 2. The average molecular weight is 256 g/mol. The van der Waals surface area contributed by atoms with Gasteiger partial charge in [0, 0.05) is 18.5 Å². The van der Waals surface area contributed by atoms with Crippen LogP contribution in [0.15, 0.2) is 0 Å². The minimum Gasteiger partial charge on any atom is -0.344 e. The van der Waals surface area contributed by atoms with Gasteiger partial charge in [0.1, 0.15) is 6.04 Å². The van der Waals surface area contributed by atoms with E-state index in [4.69, 9.17) is 0 Å². The van der Waals surface area contributed by atoms with Crippen LogP contribution in [0.2, 0.25) is 0 Å². The highest BCUT2D eigenvalue weighted by atomic mass is 16.2. The van der Waals surface area contributed by atoms with Crippen LogP contribution in [0.25, 0.3) is 0 Å². The zero-order valence-corrected chi connectivity index (χ0v) is 12.7. The highest BCUT2D eigenvalue weighted by Crippen LogP contribution is 2.13. The lowest BCUT2D eigenvalue weighted by Gasteiger charge is -2.27. The second kappa shape index (κ2) is 7.39. The Kier molecular flexibility index (Phi) is 6.96. The summed E-state index contributed by atoms with van der Waals surface area (Å²) in [5.41, 5.74) is -0.463. The number of hydrogen-bond acceptors (Lipinski definition) is 2. The molecule has 1 unspecified atom stereocenters. The molecule has 0 radical (unpaired) electrons. The molecule has 0 fully saturated rings. The minimum absolute atomic E-state index is 0.0105. The van der Waals surface area contributed by atoms with Crippen LogP contribution in [0, 0.1) is 5.41 Å². The van der Waals surface area contributed by atoms with E-state index in [9.17, 15) is 9.59 Å². The Labute approximate surface area is 111 Å². The molecule has 4 nitrogen and oxygen atoms in total. The van der Waals surface area contributed by atoms with Crippen molar-refractivity contribution < 1.29 is 9.59 Å². The number of carbonyl (C=O) groups excluding carboxylic acids is 2. The second-order valence-electron chi connectivity index (χ2n) is 5.77. The topological polar surface area (TPSA) is 49.4 Å². The average Bonchev–Trinajstić information content (AvgIpc) is 2.26. The first-order chi connectivity index (χ1) is 8.23. The number of nitrogens with zero attached hydrogens (tertiary/aromatic N) is 1. The Hall–Kier alpha value is -1.06. The quantitative estimate of drug-likeness (QED) is 0.792. The molecule has 0 aliphatic rings. The van der Waals surface area contributed by atoms with Crippen molar-refractivity contribution in [3.8, 4) is 0 Å². The highest BCUT2D eigenvalue weighted by Gasteiger charge is 2.26. The van der Waals surface area contributed by atoms with Crippen LogP contribution in [-0.4, -0.2) is 35.8 Å². The molecule has 106 valence electrons. The molecule has 0 saturated heterocycles. The molecule has 0 aliphatic carbocycles. The van der Waals surface area contributed by atoms with Gasteiger partial charge in [0.2, 0.25) is 11.8 Å². The van der Waals surface area contributed by atoms with E-state index < -0.39 is 11.5 Å². The molecule has 18 heavy (non-hydrogen) atoms. The molecule has 0 spiro atoms. The van der Waals surface area contributed by atoms with E-state index in [1.165, 1.54) is 0 Å². The molecule has 0 rings (SSSR count). The van der Waals surface area contributed by atoms with Gasteiger partial charge in [-0.3, -0.25) is 9.59 Å². The van der Waals surface area contributed by atoms with Gasteiger partial charge in [-0.05, 0) is 19.8 Å². The molecule has 0 saturated carbocycles. The number of nitrogens with one attached hydrogen (secondary N) is 1. The summed E-state index contributed by atoms with van der Waals surface area (Å²) in [5.74, 6) is -0.0763. The number of rotatable bonds is 6. The monoisotopic (exact) mass is 256 g/mol. The van der Waals surface area contributed by atoms with Crippen molar-refractivity contribution >= 4 is 11.8 Å². The zero-order valence-electron chi connectivity index (χ0n) is 12.7. The van der Waals surface area contributed by atoms with Gasteiger partial charge in [-0.1, -0.05) is 34.6 Å². The number of amides is 2. The van der Waals surface area contributed by atoms with Crippen molar-refractivity contribution in [1.29, 1.82) is 0 Å². The summed E-state index contributed by atoms with van der Waals surface area (Å²) in [6.45, 7) is 12.9. The lowest BCUT2D eigenvalue weighted by Crippen LogP contribution is -2.50. The van der Waals surface area contributed by atoms with Gasteiger partial charge in [-0.2, -0.15) is 0 Å². The van der Waals surface area contributed by atoms with E-state index in [1.807, 2.05) is 39.5 Å². The highest BCUT2D eigenvalue weighted by molar-refractivity contribution is 5.89. The molecule has 2 amide bonds. The number of hydrogen-bond donors (Lipinski definition) is 1. The predicted molar refractivity (Wildman–Crippen MR) is 74.2 cm³/mol. The smallest absolute Gasteiger partial charge is 0.244 e. The van der Waals surface area contributed by atoms with Gasteiger partial charge in [0.05, 0.1) is 0 Å². The van der Waals surface area contributed by atoms with Crippen molar-refractivity contribution in [2.24, 2.45) is 5.41 Å². The molecule has 0 aromatic rings. The summed E-state index contributed by atoms with van der Waals surface area (Å²) in [6, 6.07) is -0.449. The molecular weight excluding hydrogens is 228 g/mol. The molecule has 1 N–H and O–H groups in total. The first-order valence-electron chi connectivity index (χ1n) is 6.83. The van der Waals surface area contributed by atoms with Crippen molar-refractivity contribution in [3.63, 3.8) is 0 Å². The van der Waals surface area contributed by atoms with E-state index >= 15 is 0 Å². The van der Waals surface area contributed by atoms with Crippen molar-refractivity contribution in [1.82, 2.24) is 10.2 Å². The van der Waals surface area contributed by atoms with Crippen LogP contribution in [0.5, 0.6) is 0 Å². The van der Waals surface area contributed by atoms with Gasteiger partial charge in [0.25, 0.3) is 0 Å². The molecule has 0 aromatic heterocycles. The zero-order chi connectivity index (χ0) is 14.3. The van der Waals surface area contributed by atoms with E-state index in [-0.39, 0.29) is 11.8 Å². The maximum atomic E-state index is 12.2. The lowest BCUT2D eigenvalue weighted by atomic mass is 9.95. The summed E-state index contributed by atoms with van der Waals surface area (Å²) < 4.78 is 0. The van der Waals surface area contributed by atoms with Crippen LogP contribution in [0.4, 0.5) is 0 Å². The Morgan fingerprint density at radius 1 is 1.11 bits per heavy atom. The third kappa shape index (κ3) is 5.52. The fourth-order valence-electron chi connectivity index (χ4n) is 1.62. The first-order valence-corrected chi connectivity index (χ1v) is 6.83. The molecule has 0 aliphatic heterocycles. The predicted octanol–water partition coefficient (Wildman–Crippen LogP) is 2.19. The molecule has 4 heteroatoms. The largest absolute Gasteiger partial charge is 0.344 e. The van der Waals surface area contributed by atoms with Crippen LogP contribution in [0.1, 0.15) is 54.4 Å². The summed E-state index contributed by atoms with van der Waals surface area (Å²) in [6.07, 6.45) is 1.87. The van der Waals surface area contributed by atoms with Crippen molar-refractivity contribution in [3.05, 3.63) is 0 Å². The Bertz CT molecular complexity index is 276. The van der Waals surface area contributed by atoms with Crippen LogP contribution in [0.3, 0.4) is 0 Å². The van der Waals surface area contributed by atoms with E-state index in [1.54, 1.807) is 6.92 Å². The van der Waals surface area contributed by atoms with Gasteiger partial charge in [-0.15, -0.1) is 0 Å². The first kappa shape index (κ1) is 16.9. The van der Waals surface area contributed by atoms with Gasteiger partial charge < -0.3 is 10.2 Å². The molecule has 0 bridgehead atoms. The molecule has 0 heterocycles. The molecule has 0 aromatic carbocycles. The Balaban J connectivity index is 4.52. The minimum atomic E-state index is -0.463. The SMILES string of the molecule is CCCN(CCC)C(=O)C(C)NC(=O)C(C)(C)C. The third-order valence-electron chi connectivity index (χ3n) is 2.70. The Morgan fingerprint density at radius 3 is 1.89 bits per heavy atom. The van der Waals surface area contributed by atoms with Crippen molar-refractivity contribution in [2.45, 2.75) is 60.4 Å². The normalized spacial score (nSPS) is 13.0. The third-order valence-corrected chi connectivity index (χ3v) is 2.70. The lowest BCUT2D eigenvalue weighted by molar-refractivity contribution is -0.138. The summed E-state index contributed by atoms with van der Waals surface area (Å²) in [4.78, 5) is 25.9. The Morgan fingerprint density at radius 2 is 1.56 bits per heavy atom. The van der Waals surface area contributed by atoms with Crippen molar-refractivity contribution in [2.75, 3.05) is 13.1 Å². The van der Waals surface area contributed by atoms with Gasteiger partial charge >= 0.3 is 0 Å². The van der Waals surface area contributed by atoms with Gasteiger partial charge in [0.15, 0.2) is 0 Å². The summed E-state index contributed by atoms with van der Waals surface area (Å²) in [7, 11) is 0. The fraction of sp³-hybridized carbons (Fsp3) is 0.857. The molecule has 1 atom stereocenters. The van der Waals surface area contributed by atoms with Crippen LogP contribution >= 0.6 is 0 Å². The van der Waals surface area contributed by atoms with Crippen LogP contribution in [-0.2, 0) is 9.59 Å². The second-order valence-corrected chi connectivity index (χ2v) is 5.77.